The van der Waals surface area contributed by atoms with Gasteiger partial charge in [0.15, 0.2) is 5.96 Å². The molecule has 6 heteroatoms. The van der Waals surface area contributed by atoms with Crippen LogP contribution in [0.5, 0.6) is 0 Å². The molecule has 2 aromatic rings. The molecule has 0 aliphatic rings. The number of nitrogens with two attached hydrogens (primary N) is 1. The van der Waals surface area contributed by atoms with E-state index in [1.54, 1.807) is 0 Å². The Morgan fingerprint density at radius 2 is 1.87 bits per heavy atom. The second-order valence-corrected chi connectivity index (χ2v) is 7.87. The molecular formula is C24H32N4O2. The fourth-order valence-electron chi connectivity index (χ4n) is 3.08. The third-order valence-corrected chi connectivity index (χ3v) is 5.06. The van der Waals surface area contributed by atoms with Crippen LogP contribution in [0.15, 0.2) is 53.5 Å². The van der Waals surface area contributed by atoms with Gasteiger partial charge in [-0.1, -0.05) is 56.3 Å². The van der Waals surface area contributed by atoms with Gasteiger partial charge in [-0.25, -0.2) is 4.99 Å². The third-order valence-electron chi connectivity index (χ3n) is 5.06. The number of aryl methyl sites for hydroxylation is 1. The van der Waals surface area contributed by atoms with Crippen LogP contribution < -0.4 is 11.1 Å². The lowest BCUT2D eigenvalue weighted by Gasteiger charge is -2.22. The van der Waals surface area contributed by atoms with Crippen LogP contribution in [0, 0.1) is 12.8 Å². The van der Waals surface area contributed by atoms with E-state index in [9.17, 15) is 9.59 Å². The van der Waals surface area contributed by atoms with Gasteiger partial charge in [-0.15, -0.1) is 0 Å². The highest BCUT2D eigenvalue weighted by Crippen LogP contribution is 2.14. The normalized spacial score (nSPS) is 12.5. The van der Waals surface area contributed by atoms with E-state index in [4.69, 9.17) is 5.73 Å². The highest BCUT2D eigenvalue weighted by Gasteiger charge is 2.15. The minimum Gasteiger partial charge on any atom is -0.370 e. The van der Waals surface area contributed by atoms with Crippen molar-refractivity contribution in [2.75, 3.05) is 7.05 Å². The lowest BCUT2D eigenvalue weighted by Crippen LogP contribution is -2.35. The van der Waals surface area contributed by atoms with E-state index in [2.05, 4.69) is 10.3 Å². The molecule has 2 aromatic carbocycles. The van der Waals surface area contributed by atoms with E-state index in [1.165, 1.54) is 0 Å². The molecule has 2 rings (SSSR count). The molecule has 0 saturated heterocycles. The lowest BCUT2D eigenvalue weighted by molar-refractivity contribution is -0.108. The van der Waals surface area contributed by atoms with E-state index >= 15 is 0 Å². The number of amides is 1. The first kappa shape index (κ1) is 23.1. The maximum Gasteiger partial charge on any atom is 0.251 e. The van der Waals surface area contributed by atoms with E-state index in [1.807, 2.05) is 81.2 Å². The van der Waals surface area contributed by atoms with Crippen LogP contribution in [0.1, 0.15) is 47.3 Å². The molecule has 160 valence electrons. The van der Waals surface area contributed by atoms with E-state index in [-0.39, 0.29) is 17.9 Å². The Hall–Kier alpha value is -3.15. The Balaban J connectivity index is 2.08. The molecule has 6 nitrogen and oxygen atoms in total. The van der Waals surface area contributed by atoms with Crippen molar-refractivity contribution in [3.05, 3.63) is 70.8 Å². The zero-order valence-corrected chi connectivity index (χ0v) is 18.3. The second kappa shape index (κ2) is 11.1. The molecule has 30 heavy (non-hydrogen) atoms. The standard InChI is InChI=1S/C24H32N4O2/c1-17(2)22(12-13-29)27-24(25)28(4)16-20-11-10-18(3)21(14-20)23(30)26-15-19-8-6-5-7-9-19/h5-11,13-14,17,22H,12,15-16H2,1-4H3,(H2,25,27)(H,26,30). The van der Waals surface area contributed by atoms with Gasteiger partial charge in [0.25, 0.3) is 5.91 Å². The van der Waals surface area contributed by atoms with Crippen LogP contribution in [-0.4, -0.2) is 36.1 Å². The van der Waals surface area contributed by atoms with Crippen molar-refractivity contribution in [3.63, 3.8) is 0 Å². The Morgan fingerprint density at radius 1 is 1.17 bits per heavy atom. The van der Waals surface area contributed by atoms with Gasteiger partial charge in [-0.2, -0.15) is 0 Å². The number of aldehydes is 1. The number of carbonyl (C=O) groups excluding carboxylic acids is 2. The minimum absolute atomic E-state index is 0.103. The summed E-state index contributed by atoms with van der Waals surface area (Å²) in [6.45, 7) is 6.96. The van der Waals surface area contributed by atoms with Crippen molar-refractivity contribution < 1.29 is 9.59 Å². The van der Waals surface area contributed by atoms with Crippen molar-refractivity contribution in [2.24, 2.45) is 16.6 Å². The molecule has 0 aliphatic carbocycles. The lowest BCUT2D eigenvalue weighted by atomic mass is 10.0. The van der Waals surface area contributed by atoms with Gasteiger partial charge in [0.05, 0.1) is 6.04 Å². The molecule has 1 amide bonds. The van der Waals surface area contributed by atoms with Crippen molar-refractivity contribution in [1.82, 2.24) is 10.2 Å². The van der Waals surface area contributed by atoms with Crippen LogP contribution in [0.25, 0.3) is 0 Å². The molecule has 3 N–H and O–H groups in total. The SMILES string of the molecule is Cc1ccc(CN(C)C(N)=NC(CC=O)C(C)C)cc1C(=O)NCc1ccccc1. The van der Waals surface area contributed by atoms with Crippen molar-refractivity contribution in [2.45, 2.75) is 46.3 Å². The number of guanidine groups is 1. The third kappa shape index (κ3) is 6.72. The number of hydrogen-bond donors (Lipinski definition) is 2. The summed E-state index contributed by atoms with van der Waals surface area (Å²) in [6, 6.07) is 15.5. The van der Waals surface area contributed by atoms with E-state index < -0.39 is 0 Å². The zero-order chi connectivity index (χ0) is 22.1. The highest BCUT2D eigenvalue weighted by atomic mass is 16.1. The predicted octanol–water partition coefficient (Wildman–Crippen LogP) is 3.29. The van der Waals surface area contributed by atoms with Crippen molar-refractivity contribution in [3.8, 4) is 0 Å². The number of nitrogens with one attached hydrogen (secondary N) is 1. The summed E-state index contributed by atoms with van der Waals surface area (Å²) in [6.07, 6.45) is 1.23. The fraction of sp³-hybridized carbons (Fsp3) is 0.375. The van der Waals surface area contributed by atoms with Gasteiger partial charge in [0.1, 0.15) is 6.29 Å². The number of hydrogen-bond acceptors (Lipinski definition) is 3. The molecular weight excluding hydrogens is 376 g/mol. The number of benzene rings is 2. The number of carbonyl (C=O) groups is 2. The van der Waals surface area contributed by atoms with Gasteiger partial charge >= 0.3 is 0 Å². The minimum atomic E-state index is -0.137. The van der Waals surface area contributed by atoms with E-state index in [0.29, 0.717) is 31.0 Å². The number of nitrogens with zero attached hydrogens (tertiary/aromatic N) is 2. The Labute approximate surface area is 179 Å². The molecule has 0 saturated carbocycles. The van der Waals surface area contributed by atoms with Gasteiger partial charge in [-0.3, -0.25) is 4.79 Å². The summed E-state index contributed by atoms with van der Waals surface area (Å²) >= 11 is 0. The number of rotatable bonds is 9. The van der Waals surface area contributed by atoms with Gasteiger partial charge in [-0.05, 0) is 35.6 Å². The van der Waals surface area contributed by atoms with Gasteiger partial charge in [0.2, 0.25) is 0 Å². The Kier molecular flexibility index (Phi) is 8.59. The first-order chi connectivity index (χ1) is 14.3. The maximum absolute atomic E-state index is 12.7. The summed E-state index contributed by atoms with van der Waals surface area (Å²) in [7, 11) is 1.85. The molecule has 0 bridgehead atoms. The quantitative estimate of drug-likeness (QED) is 0.379. The largest absolute Gasteiger partial charge is 0.370 e. The molecule has 1 unspecified atom stereocenters. The summed E-state index contributed by atoms with van der Waals surface area (Å²) in [5.41, 5.74) is 9.73. The second-order valence-electron chi connectivity index (χ2n) is 7.87. The van der Waals surface area contributed by atoms with Gasteiger partial charge in [0, 0.05) is 32.1 Å². The summed E-state index contributed by atoms with van der Waals surface area (Å²) < 4.78 is 0. The van der Waals surface area contributed by atoms with Crippen molar-refractivity contribution in [1.29, 1.82) is 0 Å². The highest BCUT2D eigenvalue weighted by molar-refractivity contribution is 5.95. The molecule has 0 aromatic heterocycles. The monoisotopic (exact) mass is 408 g/mol. The molecule has 0 spiro atoms. The first-order valence-corrected chi connectivity index (χ1v) is 10.2. The van der Waals surface area contributed by atoms with Gasteiger partial charge < -0.3 is 20.7 Å². The molecule has 1 atom stereocenters. The fourth-order valence-corrected chi connectivity index (χ4v) is 3.08. The average Bonchev–Trinajstić information content (AvgIpc) is 2.73. The maximum atomic E-state index is 12.7. The van der Waals surface area contributed by atoms with Crippen molar-refractivity contribution >= 4 is 18.2 Å². The molecule has 0 heterocycles. The van der Waals surface area contributed by atoms with Crippen LogP contribution in [0.4, 0.5) is 0 Å². The Morgan fingerprint density at radius 3 is 2.50 bits per heavy atom. The molecule has 0 radical (unpaired) electrons. The average molecular weight is 409 g/mol. The topological polar surface area (TPSA) is 87.8 Å². The summed E-state index contributed by atoms with van der Waals surface area (Å²) in [5, 5.41) is 2.98. The molecule has 0 fully saturated rings. The Bertz CT molecular complexity index is 878. The van der Waals surface area contributed by atoms with Crippen LogP contribution in [0.3, 0.4) is 0 Å². The predicted molar refractivity (Wildman–Crippen MR) is 121 cm³/mol. The smallest absolute Gasteiger partial charge is 0.251 e. The van der Waals surface area contributed by atoms with Crippen LogP contribution >= 0.6 is 0 Å². The zero-order valence-electron chi connectivity index (χ0n) is 18.3. The first-order valence-electron chi connectivity index (χ1n) is 10.2. The van der Waals surface area contributed by atoms with E-state index in [0.717, 1.165) is 23.0 Å². The number of aliphatic imine (C=N–C) groups is 1. The summed E-state index contributed by atoms with van der Waals surface area (Å²) in [5.74, 6) is 0.501. The van der Waals surface area contributed by atoms with Crippen LogP contribution in [0.2, 0.25) is 0 Å². The van der Waals surface area contributed by atoms with Crippen LogP contribution in [-0.2, 0) is 17.9 Å². The molecule has 0 aliphatic heterocycles. The summed E-state index contributed by atoms with van der Waals surface area (Å²) in [4.78, 5) is 29.9.